The summed E-state index contributed by atoms with van der Waals surface area (Å²) in [6, 6.07) is 21.5. The van der Waals surface area contributed by atoms with Crippen molar-refractivity contribution in [2.45, 2.75) is 94.5 Å². The first kappa shape index (κ1) is 32.4. The molecule has 0 amide bonds. The molecule has 3 N–H and O–H groups in total. The quantitative estimate of drug-likeness (QED) is 0.172. The van der Waals surface area contributed by atoms with Gasteiger partial charge >= 0.3 is 0 Å². The molecule has 5 unspecified atom stereocenters. The summed E-state index contributed by atoms with van der Waals surface area (Å²) in [6.07, 6.45) is 18.7. The van der Waals surface area contributed by atoms with E-state index in [9.17, 15) is 9.50 Å². The second-order valence-corrected chi connectivity index (χ2v) is 14.3. The number of halogens is 1. The van der Waals surface area contributed by atoms with E-state index in [0.717, 1.165) is 65.0 Å². The number of nitrogens with zero attached hydrogens (tertiary/aromatic N) is 1. The first-order valence-electron chi connectivity index (χ1n) is 17.0. The third-order valence-electron chi connectivity index (χ3n) is 10.6. The first-order valence-corrected chi connectivity index (χ1v) is 17.5. The summed E-state index contributed by atoms with van der Waals surface area (Å²) in [5.41, 5.74) is 13.2. The van der Waals surface area contributed by atoms with Crippen molar-refractivity contribution in [1.82, 2.24) is 4.90 Å². The van der Waals surface area contributed by atoms with Crippen LogP contribution in [0, 0.1) is 11.7 Å². The number of hydrogen-bond donors (Lipinski definition) is 2. The second-order valence-electron chi connectivity index (χ2n) is 13.8. The van der Waals surface area contributed by atoms with Gasteiger partial charge in [-0.15, -0.1) is 6.58 Å². The van der Waals surface area contributed by atoms with E-state index < -0.39 is 5.54 Å². The molecule has 0 aromatic heterocycles. The van der Waals surface area contributed by atoms with Crippen molar-refractivity contribution in [1.29, 1.82) is 0 Å². The molecule has 1 aliphatic heterocycles. The molecular formula is C41H47FN2OS. The third kappa shape index (κ3) is 6.91. The summed E-state index contributed by atoms with van der Waals surface area (Å²) in [4.78, 5) is 3.01. The number of likely N-dealkylation sites (tertiary alicyclic amines) is 1. The van der Waals surface area contributed by atoms with Crippen molar-refractivity contribution in [3.05, 3.63) is 126 Å². The maximum atomic E-state index is 13.5. The summed E-state index contributed by atoms with van der Waals surface area (Å²) >= 11 is 6.01. The van der Waals surface area contributed by atoms with Crippen LogP contribution in [0.2, 0.25) is 0 Å². The molecule has 3 aliphatic rings. The number of aromatic hydroxyl groups is 1. The molecule has 1 saturated carbocycles. The van der Waals surface area contributed by atoms with Gasteiger partial charge in [0.2, 0.25) is 0 Å². The Labute approximate surface area is 279 Å². The van der Waals surface area contributed by atoms with Gasteiger partial charge in [-0.1, -0.05) is 98.7 Å². The highest BCUT2D eigenvalue weighted by Crippen LogP contribution is 2.49. The minimum absolute atomic E-state index is 0.213. The molecule has 3 aromatic rings. The molecule has 0 bridgehead atoms. The largest absolute Gasteiger partial charge is 0.508 e. The lowest BCUT2D eigenvalue weighted by Gasteiger charge is -2.37. The zero-order chi connectivity index (χ0) is 32.3. The van der Waals surface area contributed by atoms with E-state index in [2.05, 4.69) is 79.1 Å². The van der Waals surface area contributed by atoms with Gasteiger partial charge in [-0.05, 0) is 109 Å². The number of allylic oxidation sites excluding steroid dienone is 4. The Morgan fingerprint density at radius 3 is 2.52 bits per heavy atom. The van der Waals surface area contributed by atoms with Crippen LogP contribution >= 0.6 is 12.2 Å². The molecule has 1 saturated heterocycles. The average Bonchev–Trinajstić information content (AvgIpc) is 3.34. The number of benzene rings is 3. The Balaban J connectivity index is 1.24. The highest BCUT2D eigenvalue weighted by molar-refractivity contribution is 7.80. The highest BCUT2D eigenvalue weighted by atomic mass is 32.1. The predicted molar refractivity (Wildman–Crippen MR) is 192 cm³/mol. The van der Waals surface area contributed by atoms with Gasteiger partial charge in [0, 0.05) is 23.2 Å². The Morgan fingerprint density at radius 2 is 1.83 bits per heavy atom. The molecule has 240 valence electrons. The highest BCUT2D eigenvalue weighted by Gasteiger charge is 2.49. The van der Waals surface area contributed by atoms with Crippen molar-refractivity contribution in [2.24, 2.45) is 11.7 Å². The van der Waals surface area contributed by atoms with Gasteiger partial charge in [-0.3, -0.25) is 0 Å². The minimum Gasteiger partial charge on any atom is -0.508 e. The number of hydrogen-bond acceptors (Lipinski definition) is 3. The molecule has 1 heterocycles. The van der Waals surface area contributed by atoms with Gasteiger partial charge in [0.1, 0.15) is 11.6 Å². The summed E-state index contributed by atoms with van der Waals surface area (Å²) in [6.45, 7) is 6.21. The minimum atomic E-state index is -0.643. The maximum absolute atomic E-state index is 13.5. The maximum Gasteiger partial charge on any atom is 0.123 e. The van der Waals surface area contributed by atoms with Crippen molar-refractivity contribution in [3.8, 4) is 16.9 Å². The molecule has 3 nitrogen and oxygen atoms in total. The third-order valence-corrected chi connectivity index (χ3v) is 11.0. The SMILES string of the molecule is C=CC1CCCC(c2ccc(-c3ccc(C4N(C5=CCCC=C5)C(=S)CC4(N)CCCC(C)c4ccc(F)cc4)c(O)c3)cc2)C1. The molecule has 5 atom stereocenters. The standard InChI is InChI=1S/C41H47FN2OS/c1-3-29-10-7-11-33(25-29)31-14-16-32(17-15-31)34-20-23-37(38(45)26-34)40-41(43,27-39(46)44(40)36-12-5-4-6-13-36)24-8-9-28(2)30-18-21-35(42)22-19-30/h3,5,12-23,26,28-29,33,40,45H,1,4,6-11,24-25,27,43H2,2H3. The van der Waals surface area contributed by atoms with Crippen LogP contribution in [0.3, 0.4) is 0 Å². The Hall–Kier alpha value is -3.54. The summed E-state index contributed by atoms with van der Waals surface area (Å²) in [5.74, 6) is 1.51. The molecule has 2 fully saturated rings. The molecule has 0 radical (unpaired) electrons. The number of rotatable bonds is 10. The van der Waals surface area contributed by atoms with Gasteiger partial charge in [0.05, 0.1) is 11.0 Å². The van der Waals surface area contributed by atoms with E-state index in [0.29, 0.717) is 18.3 Å². The van der Waals surface area contributed by atoms with Crippen LogP contribution in [-0.2, 0) is 0 Å². The van der Waals surface area contributed by atoms with E-state index in [1.165, 1.54) is 43.4 Å². The first-order chi connectivity index (χ1) is 22.3. The van der Waals surface area contributed by atoms with Crippen LogP contribution < -0.4 is 5.73 Å². The number of phenols is 1. The number of nitrogens with two attached hydrogens (primary N) is 1. The Morgan fingerprint density at radius 1 is 1.07 bits per heavy atom. The van der Waals surface area contributed by atoms with Crippen LogP contribution in [0.5, 0.6) is 5.75 Å². The molecule has 6 rings (SSSR count). The van der Waals surface area contributed by atoms with Gasteiger partial charge in [0.25, 0.3) is 0 Å². The fourth-order valence-corrected chi connectivity index (χ4v) is 8.43. The molecule has 5 heteroatoms. The summed E-state index contributed by atoms with van der Waals surface area (Å²) in [7, 11) is 0. The van der Waals surface area contributed by atoms with Gasteiger partial charge in [-0.2, -0.15) is 0 Å². The van der Waals surface area contributed by atoms with Crippen molar-refractivity contribution in [2.75, 3.05) is 0 Å². The molecule has 2 aliphatic carbocycles. The van der Waals surface area contributed by atoms with Crippen LogP contribution in [-0.4, -0.2) is 20.5 Å². The van der Waals surface area contributed by atoms with Crippen molar-refractivity contribution in [3.63, 3.8) is 0 Å². The lowest BCUT2D eigenvalue weighted by atomic mass is 9.78. The van der Waals surface area contributed by atoms with Crippen molar-refractivity contribution >= 4 is 17.2 Å². The Bertz CT molecular complexity index is 1610. The summed E-state index contributed by atoms with van der Waals surface area (Å²) in [5, 5.41) is 11.6. The molecule has 0 spiro atoms. The topological polar surface area (TPSA) is 49.5 Å². The van der Waals surface area contributed by atoms with Crippen LogP contribution in [0.1, 0.15) is 106 Å². The fourth-order valence-electron chi connectivity index (χ4n) is 7.95. The monoisotopic (exact) mass is 634 g/mol. The second kappa shape index (κ2) is 14.1. The van der Waals surface area contributed by atoms with E-state index >= 15 is 0 Å². The lowest BCUT2D eigenvalue weighted by Crippen LogP contribution is -2.45. The van der Waals surface area contributed by atoms with Gasteiger partial charge < -0.3 is 15.7 Å². The summed E-state index contributed by atoms with van der Waals surface area (Å²) < 4.78 is 13.5. The van der Waals surface area contributed by atoms with E-state index in [1.807, 2.05) is 18.2 Å². The van der Waals surface area contributed by atoms with Gasteiger partial charge in [0.15, 0.2) is 0 Å². The zero-order valence-electron chi connectivity index (χ0n) is 27.0. The average molecular weight is 635 g/mol. The molecule has 46 heavy (non-hydrogen) atoms. The van der Waals surface area contributed by atoms with Gasteiger partial charge in [-0.25, -0.2) is 4.39 Å². The fraction of sp³-hybridized carbons (Fsp3) is 0.390. The smallest absolute Gasteiger partial charge is 0.123 e. The molecular weight excluding hydrogens is 588 g/mol. The van der Waals surface area contributed by atoms with E-state index in [4.69, 9.17) is 18.0 Å². The van der Waals surface area contributed by atoms with Crippen LogP contribution in [0.25, 0.3) is 11.1 Å². The Kier molecular flexibility index (Phi) is 9.91. The lowest BCUT2D eigenvalue weighted by molar-refractivity contribution is 0.256. The number of thiocarbonyl (C=S) groups is 1. The normalized spacial score (nSPS) is 25.4. The molecule has 3 aromatic carbocycles. The zero-order valence-corrected chi connectivity index (χ0v) is 27.8. The number of phenolic OH excluding ortho intramolecular Hbond substituents is 1. The van der Waals surface area contributed by atoms with E-state index in [1.54, 1.807) is 0 Å². The van der Waals surface area contributed by atoms with Crippen LogP contribution in [0.15, 0.2) is 103 Å². The van der Waals surface area contributed by atoms with Crippen LogP contribution in [0.4, 0.5) is 4.39 Å². The van der Waals surface area contributed by atoms with E-state index in [-0.39, 0.29) is 23.5 Å². The predicted octanol–water partition coefficient (Wildman–Crippen LogP) is 10.6. The van der Waals surface area contributed by atoms with Crippen molar-refractivity contribution < 1.29 is 9.50 Å².